The molecule has 0 fully saturated rings. The van der Waals surface area contributed by atoms with Gasteiger partial charge in [-0.3, -0.25) is 18.6 Å². The molecule has 0 aromatic heterocycles. The van der Waals surface area contributed by atoms with Crippen LogP contribution in [0.3, 0.4) is 0 Å². The molecule has 320 valence electrons. The minimum Gasteiger partial charge on any atom is -0.462 e. The van der Waals surface area contributed by atoms with E-state index >= 15 is 0 Å². The summed E-state index contributed by atoms with van der Waals surface area (Å²) in [5, 5.41) is 9.88. The molecule has 0 amide bonds. The predicted molar refractivity (Wildman–Crippen MR) is 230 cm³/mol. The third kappa shape index (κ3) is 39.4. The highest BCUT2D eigenvalue weighted by molar-refractivity contribution is 7.47. The number of carbonyl (C=O) groups is 2. The van der Waals surface area contributed by atoms with Gasteiger partial charge in [0, 0.05) is 19.4 Å². The Labute approximate surface area is 339 Å². The summed E-state index contributed by atoms with van der Waals surface area (Å²) in [7, 11) is -4.42. The van der Waals surface area contributed by atoms with Crippen molar-refractivity contribution in [1.29, 1.82) is 0 Å². The molecule has 0 radical (unpaired) electrons. The first-order chi connectivity index (χ1) is 27.2. The molecule has 10 nitrogen and oxygen atoms in total. The lowest BCUT2D eigenvalue weighted by atomic mass is 10.1. The maximum atomic E-state index is 12.5. The number of rotatable bonds is 38. The van der Waals surface area contributed by atoms with Gasteiger partial charge < -0.3 is 25.2 Å². The van der Waals surface area contributed by atoms with E-state index in [1.807, 2.05) is 42.5 Å². The first-order valence-electron chi connectivity index (χ1n) is 21.2. The van der Waals surface area contributed by atoms with Gasteiger partial charge in [-0.05, 0) is 70.6 Å². The number of phosphoric acid groups is 1. The van der Waals surface area contributed by atoms with E-state index in [1.54, 1.807) is 0 Å². The number of unbranched alkanes of at least 4 members (excludes halogenated alkanes) is 10. The predicted octanol–water partition coefficient (Wildman–Crippen LogP) is 11.0. The fraction of sp³-hybridized carbons (Fsp3) is 0.644. The van der Waals surface area contributed by atoms with E-state index in [-0.39, 0.29) is 38.7 Å². The Hall–Kier alpha value is -2.85. The van der Waals surface area contributed by atoms with Crippen molar-refractivity contribution in [2.75, 3.05) is 26.4 Å². The lowest BCUT2D eigenvalue weighted by Crippen LogP contribution is -2.29. The number of phosphoric ester groups is 1. The van der Waals surface area contributed by atoms with E-state index in [0.29, 0.717) is 25.7 Å². The van der Waals surface area contributed by atoms with Crippen LogP contribution in [-0.2, 0) is 32.7 Å². The lowest BCUT2D eigenvalue weighted by Gasteiger charge is -2.19. The quantitative estimate of drug-likeness (QED) is 0.0180. The summed E-state index contributed by atoms with van der Waals surface area (Å²) < 4.78 is 32.6. The monoisotopic (exact) mass is 806 g/mol. The second-order valence-electron chi connectivity index (χ2n) is 13.7. The SMILES string of the molecule is CCCCCCCC/C=C\C/C=C\C/C=C\CCCC(=O)O[C@H](COC(=O)CCC/C=C\C/C=C\C/C=C\C=C\[C@H](O)CCCCC)COP(=O)(O)OCCN. The molecule has 56 heavy (non-hydrogen) atoms. The van der Waals surface area contributed by atoms with Crippen molar-refractivity contribution in [3.8, 4) is 0 Å². The molecule has 0 saturated carbocycles. The molecular weight excluding hydrogens is 729 g/mol. The van der Waals surface area contributed by atoms with Crippen molar-refractivity contribution < 1.29 is 42.7 Å². The van der Waals surface area contributed by atoms with Crippen molar-refractivity contribution in [2.45, 2.75) is 161 Å². The summed E-state index contributed by atoms with van der Waals surface area (Å²) in [5.41, 5.74) is 5.33. The third-order valence-corrected chi connectivity index (χ3v) is 9.34. The van der Waals surface area contributed by atoms with Gasteiger partial charge in [-0.15, -0.1) is 0 Å². The Bertz CT molecular complexity index is 1210. The molecular formula is C45H76NO9P. The van der Waals surface area contributed by atoms with Crippen LogP contribution < -0.4 is 5.73 Å². The molecule has 0 bridgehead atoms. The summed E-state index contributed by atoms with van der Waals surface area (Å²) >= 11 is 0. The molecule has 0 aliphatic heterocycles. The summed E-state index contributed by atoms with van der Waals surface area (Å²) in [6.07, 6.45) is 46.7. The number of allylic oxidation sites excluding steroid dienone is 13. The minimum atomic E-state index is -4.42. The van der Waals surface area contributed by atoms with Gasteiger partial charge in [0.05, 0.1) is 19.3 Å². The smallest absolute Gasteiger partial charge is 0.462 e. The first-order valence-corrected chi connectivity index (χ1v) is 22.7. The first kappa shape index (κ1) is 53.1. The molecule has 4 N–H and O–H groups in total. The van der Waals surface area contributed by atoms with E-state index in [4.69, 9.17) is 24.3 Å². The topological polar surface area (TPSA) is 155 Å². The van der Waals surface area contributed by atoms with Gasteiger partial charge in [-0.1, -0.05) is 150 Å². The van der Waals surface area contributed by atoms with Crippen LogP contribution >= 0.6 is 7.82 Å². The summed E-state index contributed by atoms with van der Waals surface area (Å²) in [4.78, 5) is 34.8. The number of nitrogens with two attached hydrogens (primary N) is 1. The maximum absolute atomic E-state index is 12.5. The van der Waals surface area contributed by atoms with Crippen molar-refractivity contribution in [3.05, 3.63) is 85.1 Å². The number of carbonyl (C=O) groups excluding carboxylic acids is 2. The Morgan fingerprint density at radius 1 is 0.625 bits per heavy atom. The highest BCUT2D eigenvalue weighted by atomic mass is 31.2. The maximum Gasteiger partial charge on any atom is 0.472 e. The van der Waals surface area contributed by atoms with Crippen molar-refractivity contribution in [2.24, 2.45) is 5.73 Å². The molecule has 0 aromatic rings. The number of aliphatic hydroxyl groups is 1. The molecule has 3 atom stereocenters. The number of esters is 2. The number of hydrogen-bond donors (Lipinski definition) is 3. The van der Waals surface area contributed by atoms with Crippen LogP contribution in [0.4, 0.5) is 0 Å². The van der Waals surface area contributed by atoms with Crippen LogP contribution in [0.2, 0.25) is 0 Å². The average Bonchev–Trinajstić information content (AvgIpc) is 3.18. The lowest BCUT2D eigenvalue weighted by molar-refractivity contribution is -0.161. The van der Waals surface area contributed by atoms with Crippen LogP contribution in [0.5, 0.6) is 0 Å². The molecule has 0 aromatic carbocycles. The molecule has 0 aliphatic rings. The van der Waals surface area contributed by atoms with Crippen molar-refractivity contribution in [1.82, 2.24) is 0 Å². The normalized spacial score (nSPS) is 14.7. The largest absolute Gasteiger partial charge is 0.472 e. The number of aliphatic hydroxyl groups excluding tert-OH is 1. The third-order valence-electron chi connectivity index (χ3n) is 8.36. The zero-order valence-electron chi connectivity index (χ0n) is 34.7. The highest BCUT2D eigenvalue weighted by Crippen LogP contribution is 2.43. The second kappa shape index (κ2) is 40.4. The van der Waals surface area contributed by atoms with Gasteiger partial charge in [0.15, 0.2) is 6.10 Å². The standard InChI is InChI=1S/C45H76NO9P/c1-3-5-7-8-9-10-11-12-13-14-15-16-19-23-26-29-33-37-45(49)55-43(41-54-56(50,51)53-39-38-46)40-52-44(48)36-32-28-25-22-20-17-18-21-24-27-31-35-42(47)34-30-6-4-2/h12-13,15-18,22-27,31,35,42-43,47H,3-11,14,19-21,28-30,32-34,36-41,46H2,1-2H3,(H,50,51)/b13-12-,16-15-,18-17-,25-22-,26-23-,27-24-,35-31+/t42-,43-/m1/s1. The molecule has 0 saturated heterocycles. The van der Waals surface area contributed by atoms with Crippen LogP contribution in [0.25, 0.3) is 0 Å². The van der Waals surface area contributed by atoms with E-state index in [2.05, 4.69) is 56.4 Å². The molecule has 0 aliphatic carbocycles. The van der Waals surface area contributed by atoms with Crippen LogP contribution in [-0.4, -0.2) is 60.5 Å². The molecule has 1 unspecified atom stereocenters. The molecule has 0 heterocycles. The Kier molecular flexibility index (Phi) is 38.3. The second-order valence-corrected chi connectivity index (χ2v) is 15.2. The number of hydrogen-bond acceptors (Lipinski definition) is 9. The zero-order valence-corrected chi connectivity index (χ0v) is 35.6. The Morgan fingerprint density at radius 2 is 1.14 bits per heavy atom. The fourth-order valence-electron chi connectivity index (χ4n) is 5.16. The van der Waals surface area contributed by atoms with Gasteiger partial charge in [-0.2, -0.15) is 0 Å². The van der Waals surface area contributed by atoms with Gasteiger partial charge in [0.2, 0.25) is 0 Å². The van der Waals surface area contributed by atoms with Crippen LogP contribution in [0.1, 0.15) is 149 Å². The van der Waals surface area contributed by atoms with Crippen LogP contribution in [0.15, 0.2) is 85.1 Å². The van der Waals surface area contributed by atoms with Gasteiger partial charge in [-0.25, -0.2) is 4.57 Å². The van der Waals surface area contributed by atoms with Crippen LogP contribution in [0, 0.1) is 0 Å². The summed E-state index contributed by atoms with van der Waals surface area (Å²) in [6.45, 7) is 3.44. The molecule has 0 spiro atoms. The minimum absolute atomic E-state index is 0.0271. The Balaban J connectivity index is 4.41. The van der Waals surface area contributed by atoms with Gasteiger partial charge in [0.1, 0.15) is 6.61 Å². The molecule has 11 heteroatoms. The van der Waals surface area contributed by atoms with Gasteiger partial charge in [0.25, 0.3) is 0 Å². The molecule has 0 rings (SSSR count). The number of ether oxygens (including phenoxy) is 2. The van der Waals surface area contributed by atoms with Crippen molar-refractivity contribution in [3.63, 3.8) is 0 Å². The highest BCUT2D eigenvalue weighted by Gasteiger charge is 2.25. The van der Waals surface area contributed by atoms with E-state index in [1.165, 1.54) is 38.5 Å². The van der Waals surface area contributed by atoms with E-state index < -0.39 is 32.5 Å². The van der Waals surface area contributed by atoms with Crippen molar-refractivity contribution >= 4 is 19.8 Å². The van der Waals surface area contributed by atoms with E-state index in [9.17, 15) is 24.2 Å². The van der Waals surface area contributed by atoms with E-state index in [0.717, 1.165) is 57.8 Å². The average molecular weight is 806 g/mol. The summed E-state index contributed by atoms with van der Waals surface area (Å²) in [6, 6.07) is 0. The fourth-order valence-corrected chi connectivity index (χ4v) is 5.93. The van der Waals surface area contributed by atoms with Gasteiger partial charge >= 0.3 is 19.8 Å². The Morgan fingerprint density at radius 3 is 1.75 bits per heavy atom. The zero-order chi connectivity index (χ0) is 41.2. The summed E-state index contributed by atoms with van der Waals surface area (Å²) in [5.74, 6) is -0.991.